The summed E-state index contributed by atoms with van der Waals surface area (Å²) in [5.74, 6) is 1.02. The first-order chi connectivity index (χ1) is 10.6. The Morgan fingerprint density at radius 1 is 1.23 bits per heavy atom. The number of rotatable bonds is 2. The van der Waals surface area contributed by atoms with Crippen LogP contribution in [-0.4, -0.2) is 16.3 Å². The van der Waals surface area contributed by atoms with E-state index >= 15 is 0 Å². The van der Waals surface area contributed by atoms with Gasteiger partial charge in [-0.25, -0.2) is 4.68 Å². The molecule has 1 N–H and O–H groups in total. The summed E-state index contributed by atoms with van der Waals surface area (Å²) >= 11 is 17.5. The Bertz CT molecular complexity index is 872. The van der Waals surface area contributed by atoms with E-state index in [0.29, 0.717) is 10.0 Å². The standard InChI is InChI=1S/C15H10BrCl2N3S/c16-13-4-3-12(22-13)14-9-5-6-19-15(9)21(20-14)11-2-1-8(17)7-10(11)18/h1-4,7,19H,5-6H2. The molecular formula is C15H10BrCl2N3S. The van der Waals surface area contributed by atoms with Crippen LogP contribution in [0.4, 0.5) is 5.82 Å². The second-order valence-electron chi connectivity index (χ2n) is 4.96. The van der Waals surface area contributed by atoms with Crippen molar-refractivity contribution in [3.63, 3.8) is 0 Å². The van der Waals surface area contributed by atoms with Gasteiger partial charge in [-0.15, -0.1) is 11.3 Å². The molecular weight excluding hydrogens is 405 g/mol. The lowest BCUT2D eigenvalue weighted by atomic mass is 10.2. The molecule has 4 rings (SSSR count). The van der Waals surface area contributed by atoms with Crippen LogP contribution >= 0.6 is 50.5 Å². The van der Waals surface area contributed by atoms with Crippen LogP contribution < -0.4 is 5.32 Å². The average Bonchev–Trinajstić information content (AvgIpc) is 3.15. The highest BCUT2D eigenvalue weighted by Crippen LogP contribution is 2.39. The smallest absolute Gasteiger partial charge is 0.133 e. The van der Waals surface area contributed by atoms with Gasteiger partial charge in [0, 0.05) is 17.1 Å². The van der Waals surface area contributed by atoms with Gasteiger partial charge in [-0.05, 0) is 52.7 Å². The highest BCUT2D eigenvalue weighted by Gasteiger charge is 2.25. The molecule has 0 fully saturated rings. The zero-order chi connectivity index (χ0) is 15.3. The second-order valence-corrected chi connectivity index (χ2v) is 8.27. The Hall–Kier alpha value is -1.01. The molecule has 2 aromatic heterocycles. The van der Waals surface area contributed by atoms with Gasteiger partial charge in [0.2, 0.25) is 0 Å². The topological polar surface area (TPSA) is 29.9 Å². The predicted octanol–water partition coefficient (Wildman–Crippen LogP) is 5.64. The molecule has 1 aliphatic rings. The van der Waals surface area contributed by atoms with Crippen molar-refractivity contribution in [3.8, 4) is 16.3 Å². The molecule has 7 heteroatoms. The van der Waals surface area contributed by atoms with E-state index in [2.05, 4.69) is 27.3 Å². The summed E-state index contributed by atoms with van der Waals surface area (Å²) in [4.78, 5) is 1.15. The minimum Gasteiger partial charge on any atom is -0.369 e. The summed E-state index contributed by atoms with van der Waals surface area (Å²) in [6, 6.07) is 9.59. The van der Waals surface area contributed by atoms with Crippen LogP contribution in [0.3, 0.4) is 0 Å². The molecule has 0 unspecified atom stereocenters. The third-order valence-corrected chi connectivity index (χ3v) is 5.76. The van der Waals surface area contributed by atoms with Crippen LogP contribution in [0, 0.1) is 0 Å². The van der Waals surface area contributed by atoms with Gasteiger partial charge in [-0.3, -0.25) is 0 Å². The lowest BCUT2D eigenvalue weighted by molar-refractivity contribution is 0.883. The van der Waals surface area contributed by atoms with E-state index in [1.165, 1.54) is 5.56 Å². The van der Waals surface area contributed by atoms with Crippen LogP contribution in [0.25, 0.3) is 16.3 Å². The van der Waals surface area contributed by atoms with Crippen molar-refractivity contribution in [2.75, 3.05) is 11.9 Å². The summed E-state index contributed by atoms with van der Waals surface area (Å²) in [6.07, 6.45) is 0.964. The molecule has 0 radical (unpaired) electrons. The van der Waals surface area contributed by atoms with Crippen LogP contribution in [0.5, 0.6) is 0 Å². The lowest BCUT2D eigenvalue weighted by Gasteiger charge is -2.08. The van der Waals surface area contributed by atoms with Gasteiger partial charge in [0.25, 0.3) is 0 Å². The number of hydrogen-bond acceptors (Lipinski definition) is 3. The molecule has 0 aliphatic carbocycles. The van der Waals surface area contributed by atoms with E-state index in [9.17, 15) is 0 Å². The second kappa shape index (κ2) is 5.57. The Balaban J connectivity index is 1.91. The summed E-state index contributed by atoms with van der Waals surface area (Å²) in [5, 5.41) is 9.41. The van der Waals surface area contributed by atoms with Crippen molar-refractivity contribution in [1.82, 2.24) is 9.78 Å². The number of nitrogens with zero attached hydrogens (tertiary/aromatic N) is 2. The molecule has 0 saturated carbocycles. The molecule has 0 spiro atoms. The van der Waals surface area contributed by atoms with E-state index in [1.807, 2.05) is 22.9 Å². The molecule has 1 aliphatic heterocycles. The van der Waals surface area contributed by atoms with Crippen LogP contribution in [0.1, 0.15) is 5.56 Å². The maximum Gasteiger partial charge on any atom is 0.133 e. The molecule has 0 amide bonds. The fourth-order valence-corrected chi connectivity index (χ4v) is 4.53. The minimum atomic E-state index is 0.588. The zero-order valence-electron chi connectivity index (χ0n) is 11.2. The van der Waals surface area contributed by atoms with Crippen molar-refractivity contribution in [2.45, 2.75) is 6.42 Å². The molecule has 0 bridgehead atoms. The zero-order valence-corrected chi connectivity index (χ0v) is 15.2. The van der Waals surface area contributed by atoms with Crippen LogP contribution in [0.2, 0.25) is 10.0 Å². The Labute approximate surface area is 150 Å². The Kier molecular flexibility index (Phi) is 3.69. The summed E-state index contributed by atoms with van der Waals surface area (Å²) in [5.41, 5.74) is 3.08. The molecule has 0 atom stereocenters. The fraction of sp³-hybridized carbons (Fsp3) is 0.133. The number of thiophene rings is 1. The first-order valence-corrected chi connectivity index (χ1v) is 9.07. The third-order valence-electron chi connectivity index (χ3n) is 3.60. The number of hydrogen-bond donors (Lipinski definition) is 1. The van der Waals surface area contributed by atoms with Gasteiger partial charge in [0.1, 0.15) is 11.5 Å². The first kappa shape index (κ1) is 14.6. The highest BCUT2D eigenvalue weighted by molar-refractivity contribution is 9.11. The number of halogens is 3. The van der Waals surface area contributed by atoms with Gasteiger partial charge < -0.3 is 5.32 Å². The van der Waals surface area contributed by atoms with E-state index in [4.69, 9.17) is 28.3 Å². The molecule has 112 valence electrons. The molecule has 3 aromatic rings. The summed E-state index contributed by atoms with van der Waals surface area (Å²) < 4.78 is 2.98. The number of nitrogens with one attached hydrogen (secondary N) is 1. The maximum atomic E-state index is 6.35. The largest absolute Gasteiger partial charge is 0.369 e. The average molecular weight is 415 g/mol. The van der Waals surface area contributed by atoms with Crippen molar-refractivity contribution in [1.29, 1.82) is 0 Å². The normalized spacial score (nSPS) is 13.2. The van der Waals surface area contributed by atoms with Crippen LogP contribution in [-0.2, 0) is 6.42 Å². The quantitative estimate of drug-likeness (QED) is 0.588. The van der Waals surface area contributed by atoms with E-state index in [-0.39, 0.29) is 0 Å². The summed E-state index contributed by atoms with van der Waals surface area (Å²) in [7, 11) is 0. The maximum absolute atomic E-state index is 6.35. The monoisotopic (exact) mass is 413 g/mol. The Morgan fingerprint density at radius 2 is 2.09 bits per heavy atom. The molecule has 1 aromatic carbocycles. The molecule has 3 nitrogen and oxygen atoms in total. The summed E-state index contributed by atoms with van der Waals surface area (Å²) in [6.45, 7) is 0.915. The van der Waals surface area contributed by atoms with Gasteiger partial charge in [-0.2, -0.15) is 5.10 Å². The number of anilines is 1. The lowest BCUT2D eigenvalue weighted by Crippen LogP contribution is -2.04. The van der Waals surface area contributed by atoms with E-state index in [0.717, 1.165) is 38.8 Å². The molecule has 3 heterocycles. The van der Waals surface area contributed by atoms with E-state index in [1.54, 1.807) is 17.4 Å². The minimum absolute atomic E-state index is 0.588. The van der Waals surface area contributed by atoms with Crippen molar-refractivity contribution in [3.05, 3.63) is 49.7 Å². The predicted molar refractivity (Wildman–Crippen MR) is 96.8 cm³/mol. The Morgan fingerprint density at radius 3 is 2.82 bits per heavy atom. The van der Waals surface area contributed by atoms with Crippen molar-refractivity contribution >= 4 is 56.3 Å². The van der Waals surface area contributed by atoms with Crippen molar-refractivity contribution < 1.29 is 0 Å². The third kappa shape index (κ3) is 2.36. The molecule has 0 saturated heterocycles. The number of aromatic nitrogens is 2. The fourth-order valence-electron chi connectivity index (χ4n) is 2.64. The highest BCUT2D eigenvalue weighted by atomic mass is 79.9. The van der Waals surface area contributed by atoms with Gasteiger partial charge in [-0.1, -0.05) is 23.2 Å². The van der Waals surface area contributed by atoms with Gasteiger partial charge in [0.15, 0.2) is 0 Å². The number of fused-ring (bicyclic) bond motifs is 1. The number of benzene rings is 1. The van der Waals surface area contributed by atoms with E-state index < -0.39 is 0 Å². The molecule has 22 heavy (non-hydrogen) atoms. The van der Waals surface area contributed by atoms with Crippen molar-refractivity contribution in [2.24, 2.45) is 0 Å². The van der Waals surface area contributed by atoms with Crippen LogP contribution in [0.15, 0.2) is 34.1 Å². The van der Waals surface area contributed by atoms with Gasteiger partial charge >= 0.3 is 0 Å². The van der Waals surface area contributed by atoms with Gasteiger partial charge in [0.05, 0.1) is 19.4 Å². The first-order valence-electron chi connectivity index (χ1n) is 6.70. The SMILES string of the molecule is Clc1ccc(-n2nc(-c3ccc(Br)s3)c3c2NCC3)c(Cl)c1.